The lowest BCUT2D eigenvalue weighted by molar-refractivity contribution is 0.584. The number of benzene rings is 8. The van der Waals surface area contributed by atoms with E-state index in [1.54, 1.807) is 0 Å². The van der Waals surface area contributed by atoms with E-state index in [9.17, 15) is 8.78 Å². The first-order chi connectivity index (χ1) is 23.0. The van der Waals surface area contributed by atoms with Gasteiger partial charge in [0.15, 0.2) is 5.58 Å². The van der Waals surface area contributed by atoms with Crippen molar-refractivity contribution in [3.05, 3.63) is 163 Å². The minimum Gasteiger partial charge on any atom is -0.436 e. The molecule has 47 heavy (non-hydrogen) atoms. The molecule has 0 atom stereocenters. The molecular formula is C43H25F2NO. The van der Waals surface area contributed by atoms with E-state index in [1.807, 2.05) is 42.5 Å². The second kappa shape index (κ2) is 10.7. The Balaban J connectivity index is 0.999. The molecular weight excluding hydrogens is 584 g/mol. The number of para-hydroxylation sites is 2. The van der Waals surface area contributed by atoms with Gasteiger partial charge in [-0.1, -0.05) is 84.9 Å². The minimum absolute atomic E-state index is 0.526. The molecule has 9 rings (SSSR count). The van der Waals surface area contributed by atoms with Crippen molar-refractivity contribution in [2.24, 2.45) is 0 Å². The van der Waals surface area contributed by atoms with Gasteiger partial charge >= 0.3 is 0 Å². The predicted molar refractivity (Wildman–Crippen MR) is 188 cm³/mol. The molecule has 1 aromatic heterocycles. The largest absolute Gasteiger partial charge is 0.436 e. The highest BCUT2D eigenvalue weighted by atomic mass is 19.1. The Labute approximate surface area is 269 Å². The van der Waals surface area contributed by atoms with Gasteiger partial charge in [-0.15, -0.1) is 0 Å². The average Bonchev–Trinajstić information content (AvgIpc) is 3.55. The van der Waals surface area contributed by atoms with Crippen LogP contribution in [0.15, 0.2) is 156 Å². The van der Waals surface area contributed by atoms with Crippen LogP contribution in [0.3, 0.4) is 0 Å². The zero-order valence-electron chi connectivity index (χ0n) is 25.0. The van der Waals surface area contributed by atoms with Crippen LogP contribution in [0.4, 0.5) is 8.78 Å². The summed E-state index contributed by atoms with van der Waals surface area (Å²) in [6, 6.07) is 49.6. The molecule has 0 saturated heterocycles. The average molecular weight is 610 g/mol. The third kappa shape index (κ3) is 4.91. The third-order valence-electron chi connectivity index (χ3n) is 8.96. The summed E-state index contributed by atoms with van der Waals surface area (Å²) >= 11 is 0. The molecule has 0 aliphatic carbocycles. The van der Waals surface area contributed by atoms with E-state index in [2.05, 4.69) is 96.0 Å². The second-order valence-electron chi connectivity index (χ2n) is 11.9. The van der Waals surface area contributed by atoms with Crippen LogP contribution >= 0.6 is 0 Å². The molecule has 0 amide bonds. The van der Waals surface area contributed by atoms with Gasteiger partial charge in [-0.25, -0.2) is 13.8 Å². The zero-order valence-corrected chi connectivity index (χ0v) is 25.0. The lowest BCUT2D eigenvalue weighted by Crippen LogP contribution is -1.86. The van der Waals surface area contributed by atoms with Gasteiger partial charge < -0.3 is 4.42 Å². The first-order valence-electron chi connectivity index (χ1n) is 15.5. The molecule has 4 heteroatoms. The van der Waals surface area contributed by atoms with Crippen molar-refractivity contribution in [1.82, 2.24) is 4.98 Å². The lowest BCUT2D eigenvalue weighted by Gasteiger charge is -2.10. The van der Waals surface area contributed by atoms with Crippen LogP contribution in [-0.2, 0) is 0 Å². The Morgan fingerprint density at radius 3 is 1.47 bits per heavy atom. The molecule has 9 aromatic rings. The molecule has 0 bridgehead atoms. The number of oxazole rings is 1. The molecule has 0 spiro atoms. The van der Waals surface area contributed by atoms with E-state index in [0.717, 1.165) is 72.1 Å². The van der Waals surface area contributed by atoms with Gasteiger partial charge in [0.05, 0.1) is 0 Å². The predicted octanol–water partition coefficient (Wildman–Crippen LogP) is 12.2. The fourth-order valence-corrected chi connectivity index (χ4v) is 6.56. The third-order valence-corrected chi connectivity index (χ3v) is 8.96. The Morgan fingerprint density at radius 2 is 0.851 bits per heavy atom. The molecule has 0 aliphatic heterocycles. The molecule has 0 unspecified atom stereocenters. The first kappa shape index (κ1) is 27.2. The molecule has 0 N–H and O–H groups in total. The summed E-state index contributed by atoms with van der Waals surface area (Å²) < 4.78 is 33.6. The van der Waals surface area contributed by atoms with Gasteiger partial charge in [0, 0.05) is 11.6 Å². The summed E-state index contributed by atoms with van der Waals surface area (Å²) in [5.74, 6) is -0.536. The van der Waals surface area contributed by atoms with Crippen LogP contribution in [0.25, 0.3) is 88.3 Å². The van der Waals surface area contributed by atoms with Crippen LogP contribution < -0.4 is 0 Å². The first-order valence-corrected chi connectivity index (χ1v) is 15.5. The lowest BCUT2D eigenvalue weighted by atomic mass is 9.94. The maximum Gasteiger partial charge on any atom is 0.227 e. The van der Waals surface area contributed by atoms with E-state index >= 15 is 0 Å². The maximum atomic E-state index is 13.8. The van der Waals surface area contributed by atoms with Crippen LogP contribution in [0.2, 0.25) is 0 Å². The monoisotopic (exact) mass is 609 g/mol. The SMILES string of the molecule is Fc1cc(F)cc(-c2ccc3c(ccc4cc(-c5ccc6cc(-c7ccc(-c8nc9ccccc9o8)cc7)ccc6c5)ccc43)c2)c1. The van der Waals surface area contributed by atoms with Gasteiger partial charge in [0.2, 0.25) is 5.89 Å². The number of halogens is 2. The highest BCUT2D eigenvalue weighted by molar-refractivity contribution is 6.09. The van der Waals surface area contributed by atoms with Gasteiger partial charge in [0.1, 0.15) is 17.2 Å². The molecule has 0 fully saturated rings. The number of rotatable bonds is 4. The van der Waals surface area contributed by atoms with Gasteiger partial charge in [-0.2, -0.15) is 0 Å². The van der Waals surface area contributed by atoms with Crippen molar-refractivity contribution in [2.75, 3.05) is 0 Å². The maximum absolute atomic E-state index is 13.8. The summed E-state index contributed by atoms with van der Waals surface area (Å²) in [7, 11) is 0. The molecule has 222 valence electrons. The number of hydrogen-bond acceptors (Lipinski definition) is 2. The van der Waals surface area contributed by atoms with E-state index < -0.39 is 11.6 Å². The minimum atomic E-state index is -0.580. The number of nitrogens with zero attached hydrogens (tertiary/aromatic N) is 1. The molecule has 0 saturated carbocycles. The number of aromatic nitrogens is 1. The van der Waals surface area contributed by atoms with E-state index in [1.165, 1.54) is 22.9 Å². The number of fused-ring (bicyclic) bond motifs is 5. The van der Waals surface area contributed by atoms with E-state index in [-0.39, 0.29) is 0 Å². The molecule has 0 aliphatic rings. The molecule has 1 heterocycles. The fourth-order valence-electron chi connectivity index (χ4n) is 6.56. The quantitative estimate of drug-likeness (QED) is 0.186. The van der Waals surface area contributed by atoms with Crippen molar-refractivity contribution in [3.8, 4) is 44.8 Å². The smallest absolute Gasteiger partial charge is 0.227 e. The van der Waals surface area contributed by atoms with Crippen molar-refractivity contribution in [1.29, 1.82) is 0 Å². The summed E-state index contributed by atoms with van der Waals surface area (Å²) in [5, 5.41) is 6.74. The summed E-state index contributed by atoms with van der Waals surface area (Å²) in [4.78, 5) is 4.62. The van der Waals surface area contributed by atoms with Gasteiger partial charge in [-0.05, 0) is 126 Å². The van der Waals surface area contributed by atoms with Crippen molar-refractivity contribution < 1.29 is 13.2 Å². The fraction of sp³-hybridized carbons (Fsp3) is 0. The van der Waals surface area contributed by atoms with E-state index in [4.69, 9.17) is 4.42 Å². The van der Waals surface area contributed by atoms with Crippen LogP contribution in [0.5, 0.6) is 0 Å². The topological polar surface area (TPSA) is 26.0 Å². The van der Waals surface area contributed by atoms with Crippen LogP contribution in [0, 0.1) is 11.6 Å². The highest BCUT2D eigenvalue weighted by Crippen LogP contribution is 2.35. The normalized spacial score (nSPS) is 11.6. The Hall–Kier alpha value is -6.13. The Kier molecular flexibility index (Phi) is 6.22. The molecule has 0 radical (unpaired) electrons. The van der Waals surface area contributed by atoms with Crippen molar-refractivity contribution in [2.45, 2.75) is 0 Å². The molecule has 2 nitrogen and oxygen atoms in total. The summed E-state index contributed by atoms with van der Waals surface area (Å²) in [6.45, 7) is 0. The Morgan fingerprint density at radius 1 is 0.383 bits per heavy atom. The molecule has 8 aromatic carbocycles. The van der Waals surface area contributed by atoms with Gasteiger partial charge in [0.25, 0.3) is 0 Å². The summed E-state index contributed by atoms with van der Waals surface area (Å²) in [5.41, 5.74) is 8.47. The second-order valence-corrected chi connectivity index (χ2v) is 11.9. The highest BCUT2D eigenvalue weighted by Gasteiger charge is 2.10. The van der Waals surface area contributed by atoms with Crippen molar-refractivity contribution >= 4 is 43.4 Å². The van der Waals surface area contributed by atoms with Crippen molar-refractivity contribution in [3.63, 3.8) is 0 Å². The van der Waals surface area contributed by atoms with Gasteiger partial charge in [-0.3, -0.25) is 0 Å². The standard InChI is InChI=1S/C43H25F2NO/c44-37-23-36(24-38(45)25-37)33-16-18-40-35(22-33)14-13-34-21-32(15-17-39(34)40)31-12-11-29-19-28(9-10-30(29)20-31)26-5-7-27(8-6-26)43-46-41-3-1-2-4-42(41)47-43/h1-25H. The van der Waals surface area contributed by atoms with E-state index in [0.29, 0.717) is 11.5 Å². The van der Waals surface area contributed by atoms with Crippen LogP contribution in [0.1, 0.15) is 0 Å². The number of hydrogen-bond donors (Lipinski definition) is 0. The van der Waals surface area contributed by atoms with Crippen LogP contribution in [-0.4, -0.2) is 4.98 Å². The zero-order chi connectivity index (χ0) is 31.5. The summed E-state index contributed by atoms with van der Waals surface area (Å²) in [6.07, 6.45) is 0. The Bertz CT molecular complexity index is 2600.